The third-order valence-corrected chi connectivity index (χ3v) is 7.51. The zero-order chi connectivity index (χ0) is 26.5. The summed E-state index contributed by atoms with van der Waals surface area (Å²) < 4.78 is 12.0. The van der Waals surface area contributed by atoms with Gasteiger partial charge in [-0.2, -0.15) is 10.2 Å². The molecule has 2 aromatic carbocycles. The van der Waals surface area contributed by atoms with Gasteiger partial charge in [-0.3, -0.25) is 4.90 Å². The molecule has 1 fully saturated rings. The van der Waals surface area contributed by atoms with E-state index in [1.807, 2.05) is 24.3 Å². The number of aromatic nitrogens is 2. The van der Waals surface area contributed by atoms with Gasteiger partial charge in [-0.15, -0.1) is 0 Å². The number of ether oxygens (including phenoxy) is 2. The molecule has 2 aliphatic rings. The van der Waals surface area contributed by atoms with Crippen molar-refractivity contribution in [1.29, 1.82) is 5.26 Å². The fourth-order valence-corrected chi connectivity index (χ4v) is 5.65. The fourth-order valence-electron chi connectivity index (χ4n) is 4.64. The molecule has 0 aliphatic carbocycles. The van der Waals surface area contributed by atoms with Crippen LogP contribution >= 0.6 is 11.8 Å². The van der Waals surface area contributed by atoms with E-state index in [0.717, 1.165) is 53.7 Å². The highest BCUT2D eigenvalue weighted by molar-refractivity contribution is 8.04. The monoisotopic (exact) mass is 527 g/mol. The molecule has 196 valence electrons. The summed E-state index contributed by atoms with van der Waals surface area (Å²) in [6.45, 7) is 9.79. The van der Waals surface area contributed by atoms with Crippen LogP contribution in [0.1, 0.15) is 50.4 Å². The van der Waals surface area contributed by atoms with E-state index in [1.165, 1.54) is 17.3 Å². The zero-order valence-corrected chi connectivity index (χ0v) is 22.9. The number of rotatable bonds is 7. The minimum atomic E-state index is -0.0782. The second-order valence-corrected chi connectivity index (χ2v) is 11.6. The van der Waals surface area contributed by atoms with E-state index in [9.17, 15) is 5.26 Å². The average Bonchev–Trinajstić information content (AvgIpc) is 3.33. The van der Waals surface area contributed by atoms with Crippen molar-refractivity contribution in [1.82, 2.24) is 14.9 Å². The van der Waals surface area contributed by atoms with Crippen molar-refractivity contribution in [2.24, 2.45) is 0 Å². The molecule has 7 nitrogen and oxygen atoms in total. The standard InChI is InChI=1S/C30H33N5O2S/c1-30(2,3)37-23-13-16-35(17-14-23)19-21-8-10-22(11-9-21)20-36-29-32-15-12-25(34-29)24(18-31)28-33-26-6-4-5-7-27(26)38-28/h4-12,15,23,33H,13-14,16-17,19-20H2,1-3H3/b28-24+. The van der Waals surface area contributed by atoms with Gasteiger partial charge in [0.2, 0.25) is 0 Å². The summed E-state index contributed by atoms with van der Waals surface area (Å²) in [6.07, 6.45) is 4.14. The Bertz CT molecular complexity index is 1310. The highest BCUT2D eigenvalue weighted by Gasteiger charge is 2.24. The minimum Gasteiger partial charge on any atom is -0.459 e. The van der Waals surface area contributed by atoms with Gasteiger partial charge in [-0.05, 0) is 62.9 Å². The molecule has 2 aliphatic heterocycles. The number of para-hydroxylation sites is 1. The molecular weight excluding hydrogens is 494 g/mol. The van der Waals surface area contributed by atoms with Crippen molar-refractivity contribution in [3.63, 3.8) is 0 Å². The number of anilines is 1. The molecule has 0 radical (unpaired) electrons. The molecule has 3 heterocycles. The predicted octanol–water partition coefficient (Wildman–Crippen LogP) is 6.25. The molecule has 0 amide bonds. The van der Waals surface area contributed by atoms with Crippen LogP contribution in [0.2, 0.25) is 0 Å². The lowest BCUT2D eigenvalue weighted by atomic mass is 10.0. The number of piperidine rings is 1. The van der Waals surface area contributed by atoms with Crippen molar-refractivity contribution in [2.75, 3.05) is 18.4 Å². The number of nitriles is 1. The van der Waals surface area contributed by atoms with Crippen LogP contribution in [0.15, 0.2) is 70.7 Å². The number of nitrogens with one attached hydrogen (secondary N) is 1. The second-order valence-electron chi connectivity index (χ2n) is 10.6. The summed E-state index contributed by atoms with van der Waals surface area (Å²) in [4.78, 5) is 12.3. The van der Waals surface area contributed by atoms with Gasteiger partial charge in [0.05, 0.1) is 28.1 Å². The SMILES string of the molecule is CC(C)(C)OC1CCN(Cc2ccc(COc3nccc(/C(C#N)=C4\Nc5ccccc5S4)n3)cc2)CC1. The van der Waals surface area contributed by atoms with Gasteiger partial charge in [0.1, 0.15) is 18.2 Å². The molecule has 3 aromatic rings. The molecule has 0 atom stereocenters. The summed E-state index contributed by atoms with van der Waals surface area (Å²) in [5.41, 5.74) is 4.25. The number of thioether (sulfide) groups is 1. The molecule has 0 spiro atoms. The van der Waals surface area contributed by atoms with Gasteiger partial charge in [-0.25, -0.2) is 4.98 Å². The number of nitrogens with zero attached hydrogens (tertiary/aromatic N) is 4. The maximum absolute atomic E-state index is 9.85. The second kappa shape index (κ2) is 11.6. The predicted molar refractivity (Wildman–Crippen MR) is 150 cm³/mol. The van der Waals surface area contributed by atoms with Gasteiger partial charge < -0.3 is 14.8 Å². The van der Waals surface area contributed by atoms with Crippen LogP contribution in [0, 0.1) is 11.3 Å². The third kappa shape index (κ3) is 6.73. The lowest BCUT2D eigenvalue weighted by Crippen LogP contribution is -2.39. The topological polar surface area (TPSA) is 83.3 Å². The third-order valence-electron chi connectivity index (χ3n) is 6.43. The van der Waals surface area contributed by atoms with Crippen LogP contribution < -0.4 is 10.1 Å². The van der Waals surface area contributed by atoms with E-state index < -0.39 is 0 Å². The Morgan fingerprint density at radius 1 is 1.08 bits per heavy atom. The van der Waals surface area contributed by atoms with E-state index in [1.54, 1.807) is 12.3 Å². The first kappa shape index (κ1) is 26.2. The first-order valence-electron chi connectivity index (χ1n) is 13.0. The maximum atomic E-state index is 9.85. The summed E-state index contributed by atoms with van der Waals surface area (Å²) in [7, 11) is 0. The Kier molecular flexibility index (Phi) is 7.98. The van der Waals surface area contributed by atoms with Crippen LogP contribution in [-0.2, 0) is 17.9 Å². The van der Waals surface area contributed by atoms with E-state index in [4.69, 9.17) is 9.47 Å². The fraction of sp³-hybridized carbons (Fsp3) is 0.367. The van der Waals surface area contributed by atoms with Crippen LogP contribution in [0.3, 0.4) is 0 Å². The van der Waals surface area contributed by atoms with Crippen molar-refractivity contribution < 1.29 is 9.47 Å². The van der Waals surface area contributed by atoms with E-state index >= 15 is 0 Å². The Morgan fingerprint density at radius 2 is 1.82 bits per heavy atom. The average molecular weight is 528 g/mol. The number of likely N-dealkylation sites (tertiary alicyclic amines) is 1. The van der Waals surface area contributed by atoms with Gasteiger partial charge >= 0.3 is 6.01 Å². The van der Waals surface area contributed by atoms with E-state index in [0.29, 0.717) is 24.0 Å². The molecule has 38 heavy (non-hydrogen) atoms. The van der Waals surface area contributed by atoms with Gasteiger partial charge in [0.15, 0.2) is 0 Å². The zero-order valence-electron chi connectivity index (χ0n) is 22.1. The Balaban J connectivity index is 1.15. The lowest BCUT2D eigenvalue weighted by molar-refractivity contribution is -0.0827. The van der Waals surface area contributed by atoms with Crippen molar-refractivity contribution >= 4 is 23.0 Å². The summed E-state index contributed by atoms with van der Waals surface area (Å²) >= 11 is 1.53. The van der Waals surface area contributed by atoms with E-state index in [2.05, 4.69) is 71.3 Å². The number of allylic oxidation sites excluding steroid dienone is 1. The smallest absolute Gasteiger partial charge is 0.317 e. The van der Waals surface area contributed by atoms with Crippen molar-refractivity contribution in [3.8, 4) is 12.1 Å². The molecule has 0 saturated carbocycles. The molecule has 0 bridgehead atoms. The number of hydrogen-bond acceptors (Lipinski definition) is 8. The maximum Gasteiger partial charge on any atom is 0.317 e. The van der Waals surface area contributed by atoms with Crippen molar-refractivity contribution in [3.05, 3.63) is 82.6 Å². The summed E-state index contributed by atoms with van der Waals surface area (Å²) in [5, 5.41) is 13.9. The molecule has 1 saturated heterocycles. The van der Waals surface area contributed by atoms with Gasteiger partial charge in [-0.1, -0.05) is 48.2 Å². The largest absolute Gasteiger partial charge is 0.459 e. The normalized spacial score (nSPS) is 17.4. The number of benzene rings is 2. The highest BCUT2D eigenvalue weighted by atomic mass is 32.2. The van der Waals surface area contributed by atoms with Crippen LogP contribution in [-0.4, -0.2) is 39.7 Å². The first-order valence-corrected chi connectivity index (χ1v) is 13.8. The highest BCUT2D eigenvalue weighted by Crippen LogP contribution is 2.43. The minimum absolute atomic E-state index is 0.0782. The van der Waals surface area contributed by atoms with Crippen LogP contribution in [0.4, 0.5) is 5.69 Å². The molecule has 0 unspecified atom stereocenters. The van der Waals surface area contributed by atoms with Crippen LogP contribution in [0.5, 0.6) is 6.01 Å². The van der Waals surface area contributed by atoms with Crippen LogP contribution in [0.25, 0.3) is 5.57 Å². The van der Waals surface area contributed by atoms with Gasteiger partial charge in [0.25, 0.3) is 0 Å². The molecular formula is C30H33N5O2S. The molecule has 1 N–H and O–H groups in total. The quantitative estimate of drug-likeness (QED) is 0.361. The summed E-state index contributed by atoms with van der Waals surface area (Å²) in [5.74, 6) is 0. The first-order chi connectivity index (χ1) is 18.4. The molecule has 1 aromatic heterocycles. The number of fused-ring (bicyclic) bond motifs is 1. The Morgan fingerprint density at radius 3 is 2.53 bits per heavy atom. The lowest BCUT2D eigenvalue weighted by Gasteiger charge is -2.35. The molecule has 5 rings (SSSR count). The molecule has 8 heteroatoms. The van der Waals surface area contributed by atoms with E-state index in [-0.39, 0.29) is 11.6 Å². The van der Waals surface area contributed by atoms with Gasteiger partial charge in [0, 0.05) is 30.7 Å². The number of hydrogen-bond donors (Lipinski definition) is 1. The summed E-state index contributed by atoms with van der Waals surface area (Å²) in [6, 6.07) is 20.7. The van der Waals surface area contributed by atoms with Crippen molar-refractivity contribution in [2.45, 2.75) is 63.4 Å². The Labute approximate surface area is 228 Å². The Hall–Kier alpha value is -3.38.